The molecule has 1 N–H and O–H groups in total. The molecule has 0 aliphatic carbocycles. The molecule has 7 heteroatoms. The number of anilines is 1. The Labute approximate surface area is 118 Å². The Balaban J connectivity index is 2.11. The Bertz CT molecular complexity index is 552. The topological polar surface area (TPSA) is 59.9 Å². The largest absolute Gasteiger partial charge is 0.458 e. The number of hydrogen-bond donors (Lipinski definition) is 1. The molecule has 0 radical (unpaired) electrons. The van der Waals surface area contributed by atoms with Crippen molar-refractivity contribution in [3.05, 3.63) is 39.6 Å². The highest BCUT2D eigenvalue weighted by molar-refractivity contribution is 9.10. The molecule has 18 heavy (non-hydrogen) atoms. The van der Waals surface area contributed by atoms with Gasteiger partial charge < -0.3 is 10.1 Å². The third-order valence-corrected chi connectivity index (χ3v) is 3.07. The fourth-order valence-electron chi connectivity index (χ4n) is 1.27. The van der Waals surface area contributed by atoms with E-state index in [1.807, 2.05) is 24.3 Å². The smallest absolute Gasteiger partial charge is 0.322 e. The minimum Gasteiger partial charge on any atom is -0.458 e. The summed E-state index contributed by atoms with van der Waals surface area (Å²) in [5.41, 5.74) is 1.00. The lowest BCUT2D eigenvalue weighted by molar-refractivity contribution is 0.279. The van der Waals surface area contributed by atoms with Gasteiger partial charge in [0.1, 0.15) is 6.61 Å². The summed E-state index contributed by atoms with van der Waals surface area (Å²) < 4.78 is 6.45. The van der Waals surface area contributed by atoms with Crippen LogP contribution in [0.15, 0.2) is 28.7 Å². The van der Waals surface area contributed by atoms with Crippen molar-refractivity contribution in [1.82, 2.24) is 15.0 Å². The summed E-state index contributed by atoms with van der Waals surface area (Å²) in [6.07, 6.45) is 0. The van der Waals surface area contributed by atoms with Gasteiger partial charge in [0.2, 0.25) is 11.2 Å². The van der Waals surface area contributed by atoms with Crippen LogP contribution in [0.4, 0.5) is 5.95 Å². The van der Waals surface area contributed by atoms with E-state index in [1.165, 1.54) is 0 Å². The number of benzene rings is 1. The molecular weight excluding hydrogens is 320 g/mol. The second kappa shape index (κ2) is 5.97. The maximum atomic E-state index is 5.75. The summed E-state index contributed by atoms with van der Waals surface area (Å²) in [6, 6.07) is 7.95. The standard InChI is InChI=1S/C11H10BrClN4O/c1-14-10-15-9(13)16-11(17-10)18-6-7-4-2-3-5-8(7)12/h2-5H,6H2,1H3,(H,14,15,16,17). The molecule has 1 heterocycles. The number of halogens is 2. The van der Waals surface area contributed by atoms with Crippen molar-refractivity contribution in [2.45, 2.75) is 6.61 Å². The summed E-state index contributed by atoms with van der Waals surface area (Å²) >= 11 is 9.19. The monoisotopic (exact) mass is 328 g/mol. The predicted molar refractivity (Wildman–Crippen MR) is 72.9 cm³/mol. The first kappa shape index (κ1) is 13.0. The van der Waals surface area contributed by atoms with E-state index >= 15 is 0 Å². The lowest BCUT2D eigenvalue weighted by atomic mass is 10.2. The normalized spacial score (nSPS) is 10.2. The molecule has 0 aliphatic rings. The highest BCUT2D eigenvalue weighted by Gasteiger charge is 2.06. The Hall–Kier alpha value is -1.40. The van der Waals surface area contributed by atoms with Gasteiger partial charge in [0.25, 0.3) is 0 Å². The second-order valence-corrected chi connectivity index (χ2v) is 4.53. The molecule has 0 unspecified atom stereocenters. The van der Waals surface area contributed by atoms with Crippen molar-refractivity contribution < 1.29 is 4.74 Å². The van der Waals surface area contributed by atoms with Gasteiger partial charge in [0.15, 0.2) is 0 Å². The zero-order chi connectivity index (χ0) is 13.0. The zero-order valence-electron chi connectivity index (χ0n) is 9.52. The maximum Gasteiger partial charge on any atom is 0.322 e. The fraction of sp³-hybridized carbons (Fsp3) is 0.182. The van der Waals surface area contributed by atoms with Crippen molar-refractivity contribution in [2.24, 2.45) is 0 Å². The van der Waals surface area contributed by atoms with E-state index in [4.69, 9.17) is 16.3 Å². The van der Waals surface area contributed by atoms with Gasteiger partial charge in [0, 0.05) is 17.1 Å². The van der Waals surface area contributed by atoms with Crippen molar-refractivity contribution in [2.75, 3.05) is 12.4 Å². The zero-order valence-corrected chi connectivity index (χ0v) is 11.9. The van der Waals surface area contributed by atoms with Gasteiger partial charge in [-0.1, -0.05) is 34.1 Å². The van der Waals surface area contributed by atoms with Gasteiger partial charge in [-0.2, -0.15) is 15.0 Å². The van der Waals surface area contributed by atoms with Gasteiger partial charge in [-0.25, -0.2) is 0 Å². The molecule has 0 atom stereocenters. The van der Waals surface area contributed by atoms with Crippen LogP contribution in [0.5, 0.6) is 6.01 Å². The highest BCUT2D eigenvalue weighted by Crippen LogP contribution is 2.18. The molecule has 0 amide bonds. The van der Waals surface area contributed by atoms with Crippen molar-refractivity contribution in [1.29, 1.82) is 0 Å². The van der Waals surface area contributed by atoms with Gasteiger partial charge in [0.05, 0.1) is 0 Å². The number of nitrogens with zero attached hydrogens (tertiary/aromatic N) is 3. The molecule has 0 saturated carbocycles. The SMILES string of the molecule is CNc1nc(Cl)nc(OCc2ccccc2Br)n1. The molecule has 1 aromatic carbocycles. The molecule has 0 saturated heterocycles. The molecule has 5 nitrogen and oxygen atoms in total. The molecule has 0 aliphatic heterocycles. The summed E-state index contributed by atoms with van der Waals surface area (Å²) in [4.78, 5) is 11.8. The summed E-state index contributed by atoms with van der Waals surface area (Å²) in [5.74, 6) is 0.372. The number of rotatable bonds is 4. The van der Waals surface area contributed by atoms with Crippen LogP contribution in [-0.4, -0.2) is 22.0 Å². The Kier molecular flexibility index (Phi) is 4.33. The molecule has 2 aromatic rings. The van der Waals surface area contributed by atoms with Crippen molar-refractivity contribution >= 4 is 33.5 Å². The van der Waals surface area contributed by atoms with Crippen molar-refractivity contribution in [3.63, 3.8) is 0 Å². The number of aromatic nitrogens is 3. The average Bonchev–Trinajstić information content (AvgIpc) is 2.37. The van der Waals surface area contributed by atoms with Crippen LogP contribution in [0.2, 0.25) is 5.28 Å². The van der Waals surface area contributed by atoms with Crippen LogP contribution in [0.1, 0.15) is 5.56 Å². The summed E-state index contributed by atoms with van der Waals surface area (Å²) in [7, 11) is 1.70. The van der Waals surface area contributed by atoms with Crippen LogP contribution < -0.4 is 10.1 Å². The molecule has 94 valence electrons. The van der Waals surface area contributed by atoms with Crippen LogP contribution in [0.3, 0.4) is 0 Å². The lowest BCUT2D eigenvalue weighted by Gasteiger charge is -2.07. The van der Waals surface area contributed by atoms with Crippen molar-refractivity contribution in [3.8, 4) is 6.01 Å². The molecule has 1 aromatic heterocycles. The first-order chi connectivity index (χ1) is 8.69. The van der Waals surface area contributed by atoms with Crippen LogP contribution in [0.25, 0.3) is 0 Å². The number of hydrogen-bond acceptors (Lipinski definition) is 5. The first-order valence-electron chi connectivity index (χ1n) is 5.14. The third kappa shape index (κ3) is 3.30. The Morgan fingerprint density at radius 2 is 2.06 bits per heavy atom. The number of nitrogens with one attached hydrogen (secondary N) is 1. The molecule has 2 rings (SSSR count). The average molecular weight is 330 g/mol. The van der Waals surface area contributed by atoms with E-state index in [0.29, 0.717) is 12.6 Å². The number of ether oxygens (including phenoxy) is 1. The Morgan fingerprint density at radius 3 is 2.78 bits per heavy atom. The van der Waals surface area contributed by atoms with E-state index in [1.54, 1.807) is 7.05 Å². The summed E-state index contributed by atoms with van der Waals surface area (Å²) in [6.45, 7) is 0.352. The molecule has 0 bridgehead atoms. The van der Waals surface area contributed by atoms with E-state index in [0.717, 1.165) is 10.0 Å². The highest BCUT2D eigenvalue weighted by atomic mass is 79.9. The van der Waals surface area contributed by atoms with Gasteiger partial charge in [-0.3, -0.25) is 0 Å². The molecule has 0 fully saturated rings. The van der Waals surface area contributed by atoms with E-state index in [2.05, 4.69) is 36.2 Å². The van der Waals surface area contributed by atoms with Gasteiger partial charge in [-0.05, 0) is 17.7 Å². The minimum absolute atomic E-state index is 0.0940. The van der Waals surface area contributed by atoms with Gasteiger partial charge in [-0.15, -0.1) is 0 Å². The maximum absolute atomic E-state index is 5.75. The van der Waals surface area contributed by atoms with E-state index < -0.39 is 0 Å². The molecule has 0 spiro atoms. The quantitative estimate of drug-likeness (QED) is 0.934. The Morgan fingerprint density at radius 1 is 1.28 bits per heavy atom. The molecular formula is C11H10BrClN4O. The van der Waals surface area contributed by atoms with Gasteiger partial charge >= 0.3 is 6.01 Å². The third-order valence-electron chi connectivity index (χ3n) is 2.13. The van der Waals surface area contributed by atoms with Crippen LogP contribution in [-0.2, 0) is 6.61 Å². The predicted octanol–water partition coefficient (Wildman–Crippen LogP) is 2.91. The first-order valence-corrected chi connectivity index (χ1v) is 6.31. The lowest BCUT2D eigenvalue weighted by Crippen LogP contribution is -2.04. The minimum atomic E-state index is 0.0940. The van der Waals surface area contributed by atoms with Crippen LogP contribution >= 0.6 is 27.5 Å². The second-order valence-electron chi connectivity index (χ2n) is 3.34. The van der Waals surface area contributed by atoms with E-state index in [9.17, 15) is 0 Å². The van der Waals surface area contributed by atoms with Crippen LogP contribution in [0, 0.1) is 0 Å². The fourth-order valence-corrected chi connectivity index (χ4v) is 1.82. The van der Waals surface area contributed by atoms with E-state index in [-0.39, 0.29) is 11.3 Å². The summed E-state index contributed by atoms with van der Waals surface area (Å²) in [5, 5.41) is 2.88.